The van der Waals surface area contributed by atoms with Crippen LogP contribution in [0.1, 0.15) is 30.5 Å². The predicted molar refractivity (Wildman–Crippen MR) is 65.8 cm³/mol. The summed E-state index contributed by atoms with van der Waals surface area (Å²) < 4.78 is 0. The van der Waals surface area contributed by atoms with Crippen LogP contribution >= 0.6 is 0 Å². The summed E-state index contributed by atoms with van der Waals surface area (Å²) in [5.74, 6) is 1.17. The van der Waals surface area contributed by atoms with Gasteiger partial charge in [0.1, 0.15) is 5.78 Å². The molecule has 90 valence electrons. The zero-order chi connectivity index (χ0) is 11.8. The van der Waals surface area contributed by atoms with Crippen molar-refractivity contribution in [1.82, 2.24) is 10.3 Å². The van der Waals surface area contributed by atoms with Crippen LogP contribution in [0.3, 0.4) is 0 Å². The lowest BCUT2D eigenvalue weighted by molar-refractivity contribution is -0.126. The number of carbonyl (C=O) groups is 1. The van der Waals surface area contributed by atoms with Gasteiger partial charge < -0.3 is 5.32 Å². The van der Waals surface area contributed by atoms with Crippen molar-refractivity contribution in [2.75, 3.05) is 13.1 Å². The van der Waals surface area contributed by atoms with Crippen LogP contribution in [0, 0.1) is 11.8 Å². The molecule has 0 saturated carbocycles. The second-order valence-electron chi connectivity index (χ2n) is 5.25. The third kappa shape index (κ3) is 1.78. The molecule has 1 aromatic heterocycles. The second-order valence-corrected chi connectivity index (χ2v) is 5.25. The maximum Gasteiger partial charge on any atom is 0.145 e. The van der Waals surface area contributed by atoms with E-state index in [1.54, 1.807) is 6.20 Å². The van der Waals surface area contributed by atoms with Gasteiger partial charge in [0.15, 0.2) is 0 Å². The Kier molecular flexibility index (Phi) is 2.71. The van der Waals surface area contributed by atoms with Crippen molar-refractivity contribution in [2.45, 2.75) is 25.7 Å². The molecule has 1 N–H and O–H groups in total. The highest BCUT2D eigenvalue weighted by molar-refractivity contribution is 5.88. The molecule has 0 bridgehead atoms. The molecule has 0 amide bonds. The molecule has 1 saturated heterocycles. The van der Waals surface area contributed by atoms with Gasteiger partial charge in [-0.05, 0) is 43.5 Å². The number of aryl methyl sites for hydroxylation is 1. The molecular weight excluding hydrogens is 212 g/mol. The smallest absolute Gasteiger partial charge is 0.145 e. The van der Waals surface area contributed by atoms with E-state index in [0.29, 0.717) is 11.7 Å². The topological polar surface area (TPSA) is 42.0 Å². The van der Waals surface area contributed by atoms with E-state index in [1.807, 2.05) is 6.07 Å². The first kappa shape index (κ1) is 10.9. The largest absolute Gasteiger partial charge is 0.316 e. The number of ketones is 1. The van der Waals surface area contributed by atoms with E-state index in [0.717, 1.165) is 31.6 Å². The number of fused-ring (bicyclic) bond motifs is 1. The molecule has 2 heterocycles. The van der Waals surface area contributed by atoms with Crippen molar-refractivity contribution in [2.24, 2.45) is 11.8 Å². The fraction of sp³-hybridized carbons (Fsp3) is 0.571. The van der Waals surface area contributed by atoms with Gasteiger partial charge in [-0.2, -0.15) is 0 Å². The van der Waals surface area contributed by atoms with Crippen LogP contribution in [0.2, 0.25) is 0 Å². The monoisotopic (exact) mass is 230 g/mol. The predicted octanol–water partition coefficient (Wildman–Crippen LogP) is 1.54. The summed E-state index contributed by atoms with van der Waals surface area (Å²) in [6.07, 6.45) is 3.77. The molecule has 1 aliphatic heterocycles. The van der Waals surface area contributed by atoms with E-state index in [-0.39, 0.29) is 11.8 Å². The Labute approximate surface area is 102 Å². The van der Waals surface area contributed by atoms with Gasteiger partial charge in [0.05, 0.1) is 11.6 Å². The maximum atomic E-state index is 12.5. The molecule has 1 fully saturated rings. The van der Waals surface area contributed by atoms with E-state index < -0.39 is 0 Å². The standard InChI is InChI=1S/C14H18N2O/c1-9(11-7-15-8-11)14(17)12-5-4-10-3-2-6-16-13(10)12/h2-3,6,9,11-12,15H,4-5,7-8H2,1H3. The van der Waals surface area contributed by atoms with Crippen molar-refractivity contribution in [3.05, 3.63) is 29.6 Å². The first-order valence-corrected chi connectivity index (χ1v) is 6.45. The number of nitrogens with zero attached hydrogens (tertiary/aromatic N) is 1. The Hall–Kier alpha value is -1.22. The number of rotatable bonds is 3. The van der Waals surface area contributed by atoms with Gasteiger partial charge in [-0.1, -0.05) is 13.0 Å². The summed E-state index contributed by atoms with van der Waals surface area (Å²) in [6.45, 7) is 4.07. The van der Waals surface area contributed by atoms with Crippen LogP contribution in [0.4, 0.5) is 0 Å². The van der Waals surface area contributed by atoms with Crippen LogP contribution in [0.15, 0.2) is 18.3 Å². The van der Waals surface area contributed by atoms with Gasteiger partial charge in [-0.15, -0.1) is 0 Å². The third-order valence-electron chi connectivity index (χ3n) is 4.27. The number of aromatic nitrogens is 1. The van der Waals surface area contributed by atoms with Gasteiger partial charge in [0.2, 0.25) is 0 Å². The maximum absolute atomic E-state index is 12.5. The molecule has 3 nitrogen and oxygen atoms in total. The minimum Gasteiger partial charge on any atom is -0.316 e. The number of Topliss-reactive ketones (excluding diaryl/α,β-unsaturated/α-hetero) is 1. The Morgan fingerprint density at radius 2 is 2.35 bits per heavy atom. The van der Waals surface area contributed by atoms with E-state index >= 15 is 0 Å². The molecule has 17 heavy (non-hydrogen) atoms. The molecule has 3 rings (SSSR count). The highest BCUT2D eigenvalue weighted by Gasteiger charge is 2.36. The Morgan fingerprint density at radius 3 is 3.06 bits per heavy atom. The summed E-state index contributed by atoms with van der Waals surface area (Å²) in [5, 5.41) is 3.24. The summed E-state index contributed by atoms with van der Waals surface area (Å²) in [4.78, 5) is 16.9. The van der Waals surface area contributed by atoms with E-state index in [2.05, 4.69) is 23.3 Å². The van der Waals surface area contributed by atoms with E-state index in [1.165, 1.54) is 5.56 Å². The van der Waals surface area contributed by atoms with Crippen LogP contribution in [0.5, 0.6) is 0 Å². The van der Waals surface area contributed by atoms with Gasteiger partial charge in [-0.25, -0.2) is 0 Å². The van der Waals surface area contributed by atoms with E-state index in [9.17, 15) is 4.79 Å². The fourth-order valence-corrected chi connectivity index (χ4v) is 2.90. The molecule has 1 aromatic rings. The average molecular weight is 230 g/mol. The fourth-order valence-electron chi connectivity index (χ4n) is 2.90. The van der Waals surface area contributed by atoms with Crippen LogP contribution < -0.4 is 5.32 Å². The quantitative estimate of drug-likeness (QED) is 0.856. The summed E-state index contributed by atoms with van der Waals surface area (Å²) >= 11 is 0. The van der Waals surface area contributed by atoms with Gasteiger partial charge in [-0.3, -0.25) is 9.78 Å². The summed E-state index contributed by atoms with van der Waals surface area (Å²) in [5.41, 5.74) is 2.31. The molecular formula is C14H18N2O. The zero-order valence-corrected chi connectivity index (χ0v) is 10.1. The SMILES string of the molecule is CC(C(=O)C1CCc2cccnc21)C1CNC1. The highest BCUT2D eigenvalue weighted by atomic mass is 16.1. The average Bonchev–Trinajstić information content (AvgIpc) is 2.69. The van der Waals surface area contributed by atoms with Crippen LogP contribution in [0.25, 0.3) is 0 Å². The molecule has 0 radical (unpaired) electrons. The van der Waals surface area contributed by atoms with Crippen molar-refractivity contribution in [1.29, 1.82) is 0 Å². The number of hydrogen-bond donors (Lipinski definition) is 1. The van der Waals surface area contributed by atoms with Crippen molar-refractivity contribution >= 4 is 5.78 Å². The Morgan fingerprint density at radius 1 is 1.53 bits per heavy atom. The van der Waals surface area contributed by atoms with Crippen molar-refractivity contribution < 1.29 is 4.79 Å². The first-order valence-electron chi connectivity index (χ1n) is 6.45. The normalized spacial score (nSPS) is 25.1. The molecule has 2 atom stereocenters. The van der Waals surface area contributed by atoms with Gasteiger partial charge >= 0.3 is 0 Å². The first-order chi connectivity index (χ1) is 8.27. The molecule has 3 heteroatoms. The summed E-state index contributed by atoms with van der Waals surface area (Å²) in [6, 6.07) is 4.07. The van der Waals surface area contributed by atoms with Gasteiger partial charge in [0.25, 0.3) is 0 Å². The second kappa shape index (κ2) is 4.22. The molecule has 1 aliphatic carbocycles. The van der Waals surface area contributed by atoms with Crippen molar-refractivity contribution in [3.63, 3.8) is 0 Å². The minimum atomic E-state index is 0.0572. The number of carbonyl (C=O) groups excluding carboxylic acids is 1. The summed E-state index contributed by atoms with van der Waals surface area (Å²) in [7, 11) is 0. The lowest BCUT2D eigenvalue weighted by Crippen LogP contribution is -2.48. The zero-order valence-electron chi connectivity index (χ0n) is 10.1. The number of pyridine rings is 1. The molecule has 2 unspecified atom stereocenters. The lowest BCUT2D eigenvalue weighted by Gasteiger charge is -2.32. The van der Waals surface area contributed by atoms with Crippen LogP contribution in [-0.2, 0) is 11.2 Å². The molecule has 2 aliphatic rings. The van der Waals surface area contributed by atoms with Gasteiger partial charge in [0, 0.05) is 12.1 Å². The highest BCUT2D eigenvalue weighted by Crippen LogP contribution is 2.35. The van der Waals surface area contributed by atoms with Crippen LogP contribution in [-0.4, -0.2) is 23.9 Å². The Balaban J connectivity index is 1.79. The third-order valence-corrected chi connectivity index (χ3v) is 4.27. The minimum absolute atomic E-state index is 0.0572. The lowest BCUT2D eigenvalue weighted by atomic mass is 9.80. The number of nitrogens with one attached hydrogen (secondary N) is 1. The molecule has 0 aromatic carbocycles. The van der Waals surface area contributed by atoms with Crippen molar-refractivity contribution in [3.8, 4) is 0 Å². The molecule has 0 spiro atoms. The Bertz CT molecular complexity index is 440. The number of hydrogen-bond acceptors (Lipinski definition) is 3. The van der Waals surface area contributed by atoms with E-state index in [4.69, 9.17) is 0 Å².